The van der Waals surface area contributed by atoms with Gasteiger partial charge in [0.25, 0.3) is 0 Å². The number of carboxylic acids is 1. The zero-order valence-corrected chi connectivity index (χ0v) is 14.6. The maximum Gasteiger partial charge on any atom is 0.352 e. The minimum Gasteiger partial charge on any atom is -0.477 e. The van der Waals surface area contributed by atoms with Gasteiger partial charge < -0.3 is 21.5 Å². The van der Waals surface area contributed by atoms with Crippen LogP contribution in [0.4, 0.5) is 0 Å². The lowest BCUT2D eigenvalue weighted by Crippen LogP contribution is -2.68. The molecule has 1 saturated heterocycles. The van der Waals surface area contributed by atoms with E-state index in [-0.39, 0.29) is 29.0 Å². The molecule has 9 nitrogen and oxygen atoms in total. The molecule has 11 heteroatoms. The van der Waals surface area contributed by atoms with Crippen LogP contribution in [-0.4, -0.2) is 73.9 Å². The standard InChI is InChI=1S/C13H18N6O3S2/c1-18-7(15)2-6(14)17-13(18)24-4-5-3-23-11-8(16)10(20)19(11)9(5)12(21)22/h7-8,11,14H,2-4,15-16H2,1H3,(H,21,22)/t7?,8?,11-/m0/s1. The number of thioether (sulfide) groups is 2. The van der Waals surface area contributed by atoms with Crippen LogP contribution in [0.15, 0.2) is 16.3 Å². The van der Waals surface area contributed by atoms with Crippen molar-refractivity contribution in [1.29, 1.82) is 5.41 Å². The number of nitrogens with two attached hydrogens (primary N) is 2. The van der Waals surface area contributed by atoms with Crippen molar-refractivity contribution in [3.8, 4) is 0 Å². The van der Waals surface area contributed by atoms with Crippen LogP contribution >= 0.6 is 23.5 Å². The normalized spacial score (nSPS) is 30.1. The van der Waals surface area contributed by atoms with E-state index < -0.39 is 12.0 Å². The molecule has 24 heavy (non-hydrogen) atoms. The zero-order valence-electron chi connectivity index (χ0n) is 12.9. The summed E-state index contributed by atoms with van der Waals surface area (Å²) in [5.41, 5.74) is 12.3. The fourth-order valence-corrected chi connectivity index (χ4v) is 5.17. The van der Waals surface area contributed by atoms with E-state index in [1.165, 1.54) is 28.4 Å². The molecule has 0 aromatic rings. The maximum atomic E-state index is 11.9. The fraction of sp³-hybridized carbons (Fsp3) is 0.538. The summed E-state index contributed by atoms with van der Waals surface area (Å²) in [5.74, 6) is -0.416. The van der Waals surface area contributed by atoms with Gasteiger partial charge in [-0.15, -0.1) is 11.8 Å². The quantitative estimate of drug-likeness (QED) is 0.474. The third-order valence-electron chi connectivity index (χ3n) is 4.10. The van der Waals surface area contributed by atoms with Crippen molar-refractivity contribution in [2.75, 3.05) is 18.6 Å². The first-order valence-corrected chi connectivity index (χ1v) is 9.27. The van der Waals surface area contributed by atoms with Crippen molar-refractivity contribution in [2.24, 2.45) is 16.5 Å². The van der Waals surface area contributed by atoms with E-state index in [0.29, 0.717) is 28.7 Å². The molecule has 3 aliphatic heterocycles. The summed E-state index contributed by atoms with van der Waals surface area (Å²) in [6.45, 7) is 0. The Bertz CT molecular complexity index is 679. The van der Waals surface area contributed by atoms with Crippen LogP contribution in [0.1, 0.15) is 6.42 Å². The lowest BCUT2D eigenvalue weighted by Gasteiger charge is -2.48. The minimum absolute atomic E-state index is 0.0244. The van der Waals surface area contributed by atoms with Crippen LogP contribution in [0.5, 0.6) is 0 Å². The Hall–Kier alpha value is -1.56. The lowest BCUT2D eigenvalue weighted by molar-refractivity contribution is -0.147. The molecular weight excluding hydrogens is 352 g/mol. The van der Waals surface area contributed by atoms with Crippen molar-refractivity contribution in [2.45, 2.75) is 24.0 Å². The van der Waals surface area contributed by atoms with E-state index in [1.807, 2.05) is 0 Å². The van der Waals surface area contributed by atoms with E-state index in [9.17, 15) is 14.7 Å². The van der Waals surface area contributed by atoms with Gasteiger partial charge in [0.1, 0.15) is 22.9 Å². The zero-order chi connectivity index (χ0) is 17.6. The number of nitrogens with one attached hydrogen (secondary N) is 1. The molecule has 0 aliphatic carbocycles. The van der Waals surface area contributed by atoms with Crippen LogP contribution < -0.4 is 11.5 Å². The number of carboxylic acid groups (broad SMARTS) is 1. The van der Waals surface area contributed by atoms with E-state index in [0.717, 1.165) is 0 Å². The minimum atomic E-state index is -1.13. The molecular formula is C13H18N6O3S2. The van der Waals surface area contributed by atoms with Gasteiger partial charge in [-0.3, -0.25) is 15.1 Å². The highest BCUT2D eigenvalue weighted by atomic mass is 32.2. The predicted octanol–water partition coefficient (Wildman–Crippen LogP) is -0.746. The number of nitrogens with zero attached hydrogens (tertiary/aromatic N) is 3. The number of rotatable bonds is 3. The maximum absolute atomic E-state index is 11.9. The van der Waals surface area contributed by atoms with Crippen LogP contribution in [0.25, 0.3) is 0 Å². The Morgan fingerprint density at radius 1 is 1.54 bits per heavy atom. The SMILES string of the molecule is CN1C(SCC2=C(C(=O)O)N3C(=O)C(N)[C@@H]3SC2)=NC(=N)CC1N. The van der Waals surface area contributed by atoms with Gasteiger partial charge in [0.15, 0.2) is 5.17 Å². The summed E-state index contributed by atoms with van der Waals surface area (Å²) < 4.78 is 0. The predicted molar refractivity (Wildman–Crippen MR) is 93.7 cm³/mol. The molecule has 6 N–H and O–H groups in total. The third-order valence-corrected chi connectivity index (χ3v) is 6.59. The molecule has 1 fully saturated rings. The summed E-state index contributed by atoms with van der Waals surface area (Å²) in [6.07, 6.45) is 0.0620. The van der Waals surface area contributed by atoms with Gasteiger partial charge in [-0.1, -0.05) is 11.8 Å². The molecule has 0 saturated carbocycles. The number of aliphatic carboxylic acids is 1. The van der Waals surface area contributed by atoms with Gasteiger partial charge >= 0.3 is 5.97 Å². The number of hydrogen-bond acceptors (Lipinski definition) is 8. The Morgan fingerprint density at radius 2 is 2.25 bits per heavy atom. The first-order chi connectivity index (χ1) is 11.3. The van der Waals surface area contributed by atoms with Gasteiger partial charge in [-0.25, -0.2) is 9.79 Å². The van der Waals surface area contributed by atoms with E-state index in [1.54, 1.807) is 11.9 Å². The summed E-state index contributed by atoms with van der Waals surface area (Å²) in [4.78, 5) is 30.7. The average Bonchev–Trinajstić information content (AvgIpc) is 2.54. The largest absolute Gasteiger partial charge is 0.477 e. The number of carbonyl (C=O) groups is 2. The molecule has 0 aromatic carbocycles. The molecule has 0 aromatic heterocycles. The van der Waals surface area contributed by atoms with Gasteiger partial charge in [0.2, 0.25) is 5.91 Å². The third kappa shape index (κ3) is 2.81. The summed E-state index contributed by atoms with van der Waals surface area (Å²) >= 11 is 2.79. The van der Waals surface area contributed by atoms with Crippen molar-refractivity contribution in [1.82, 2.24) is 9.80 Å². The molecule has 3 heterocycles. The molecule has 2 unspecified atom stereocenters. The molecule has 3 aliphatic rings. The second kappa shape index (κ2) is 6.39. The summed E-state index contributed by atoms with van der Waals surface area (Å²) in [5, 5.41) is 17.5. The smallest absolute Gasteiger partial charge is 0.352 e. The molecule has 3 rings (SSSR count). The second-order valence-corrected chi connectivity index (χ2v) is 7.75. The number of aliphatic imine (C=N–C) groups is 1. The number of fused-ring (bicyclic) bond motifs is 1. The lowest BCUT2D eigenvalue weighted by atomic mass is 10.0. The van der Waals surface area contributed by atoms with Crippen LogP contribution in [0, 0.1) is 5.41 Å². The Morgan fingerprint density at radius 3 is 2.92 bits per heavy atom. The van der Waals surface area contributed by atoms with E-state index >= 15 is 0 Å². The van der Waals surface area contributed by atoms with Gasteiger partial charge in [-0.05, 0) is 5.57 Å². The fourth-order valence-electron chi connectivity index (χ4n) is 2.69. The summed E-state index contributed by atoms with van der Waals surface area (Å²) in [7, 11) is 1.79. The number of β-lactam (4-membered cyclic amide) rings is 1. The van der Waals surface area contributed by atoms with Crippen molar-refractivity contribution in [3.05, 3.63) is 11.3 Å². The van der Waals surface area contributed by atoms with Crippen molar-refractivity contribution < 1.29 is 14.7 Å². The van der Waals surface area contributed by atoms with Crippen molar-refractivity contribution in [3.63, 3.8) is 0 Å². The van der Waals surface area contributed by atoms with Gasteiger partial charge in [0, 0.05) is 25.0 Å². The van der Waals surface area contributed by atoms with Crippen LogP contribution in [-0.2, 0) is 9.59 Å². The molecule has 0 bridgehead atoms. The number of amidine groups is 2. The van der Waals surface area contributed by atoms with E-state index in [4.69, 9.17) is 16.9 Å². The topological polar surface area (TPSA) is 149 Å². The first-order valence-electron chi connectivity index (χ1n) is 7.24. The number of amides is 1. The highest BCUT2D eigenvalue weighted by Gasteiger charge is 2.51. The molecule has 0 spiro atoms. The number of carbonyl (C=O) groups excluding carboxylic acids is 1. The second-order valence-electron chi connectivity index (χ2n) is 5.71. The number of hydrogen-bond donors (Lipinski definition) is 4. The Balaban J connectivity index is 1.79. The summed E-state index contributed by atoms with van der Waals surface area (Å²) in [6, 6.07) is -0.633. The van der Waals surface area contributed by atoms with Crippen LogP contribution in [0.2, 0.25) is 0 Å². The molecule has 1 amide bonds. The van der Waals surface area contributed by atoms with Crippen LogP contribution in [0.3, 0.4) is 0 Å². The van der Waals surface area contributed by atoms with Crippen molar-refractivity contribution >= 4 is 46.4 Å². The Kier molecular flexibility index (Phi) is 4.60. The highest BCUT2D eigenvalue weighted by molar-refractivity contribution is 8.14. The first kappa shape index (κ1) is 17.3. The average molecular weight is 370 g/mol. The van der Waals surface area contributed by atoms with E-state index in [2.05, 4.69) is 4.99 Å². The molecule has 0 radical (unpaired) electrons. The monoisotopic (exact) mass is 370 g/mol. The molecule has 130 valence electrons. The van der Waals surface area contributed by atoms with Gasteiger partial charge in [-0.2, -0.15) is 0 Å². The van der Waals surface area contributed by atoms with Gasteiger partial charge in [0.05, 0.1) is 6.17 Å². The Labute approximate surface area is 147 Å². The highest BCUT2D eigenvalue weighted by Crippen LogP contribution is 2.40. The molecule has 3 atom stereocenters.